The van der Waals surface area contributed by atoms with Crippen LogP contribution in [0.25, 0.3) is 0 Å². The van der Waals surface area contributed by atoms with E-state index in [4.69, 9.17) is 5.73 Å². The molecule has 1 aliphatic rings. The van der Waals surface area contributed by atoms with Crippen molar-refractivity contribution in [3.63, 3.8) is 0 Å². The van der Waals surface area contributed by atoms with Gasteiger partial charge in [0.2, 0.25) is 0 Å². The molecule has 1 aromatic rings. The predicted octanol–water partition coefficient (Wildman–Crippen LogP) is 2.64. The van der Waals surface area contributed by atoms with E-state index in [0.29, 0.717) is 12.2 Å². The Morgan fingerprint density at radius 2 is 2.25 bits per heavy atom. The lowest BCUT2D eigenvalue weighted by molar-refractivity contribution is 0.0956. The molecule has 1 aromatic carbocycles. The van der Waals surface area contributed by atoms with Gasteiger partial charge in [0.25, 0.3) is 5.91 Å². The highest BCUT2D eigenvalue weighted by atomic mass is 16.1. The third kappa shape index (κ3) is 3.24. The molecule has 1 fully saturated rings. The van der Waals surface area contributed by atoms with E-state index in [1.54, 1.807) is 6.07 Å². The van der Waals surface area contributed by atoms with E-state index in [-0.39, 0.29) is 5.91 Å². The fourth-order valence-corrected chi connectivity index (χ4v) is 2.95. The van der Waals surface area contributed by atoms with E-state index in [2.05, 4.69) is 17.1 Å². The molecule has 0 aliphatic carbocycles. The van der Waals surface area contributed by atoms with Gasteiger partial charge in [0.05, 0.1) is 11.3 Å². The van der Waals surface area contributed by atoms with Gasteiger partial charge in [0.15, 0.2) is 0 Å². The Bertz CT molecular complexity index is 473. The van der Waals surface area contributed by atoms with Crippen LogP contribution in [-0.2, 0) is 0 Å². The van der Waals surface area contributed by atoms with Crippen LogP contribution in [0.3, 0.4) is 0 Å². The molecule has 1 unspecified atom stereocenters. The zero-order valence-electron chi connectivity index (χ0n) is 12.5. The Balaban J connectivity index is 2.22. The molecule has 2 rings (SSSR count). The van der Waals surface area contributed by atoms with E-state index in [1.165, 1.54) is 19.3 Å². The Morgan fingerprint density at radius 1 is 1.45 bits per heavy atom. The molecule has 4 nitrogen and oxygen atoms in total. The molecular formula is C16H25N3O. The molecule has 20 heavy (non-hydrogen) atoms. The zero-order valence-corrected chi connectivity index (χ0v) is 12.5. The summed E-state index contributed by atoms with van der Waals surface area (Å²) < 4.78 is 0. The monoisotopic (exact) mass is 275 g/mol. The fourth-order valence-electron chi connectivity index (χ4n) is 2.95. The largest absolute Gasteiger partial charge is 0.399 e. The van der Waals surface area contributed by atoms with Gasteiger partial charge in [0.1, 0.15) is 0 Å². The molecular weight excluding hydrogens is 250 g/mol. The molecule has 110 valence electrons. The van der Waals surface area contributed by atoms with E-state index in [0.717, 1.165) is 30.3 Å². The molecule has 0 aromatic heterocycles. The number of carbonyl (C=O) groups excluding carboxylic acids is 1. The Hall–Kier alpha value is -1.71. The van der Waals surface area contributed by atoms with Gasteiger partial charge in [-0.2, -0.15) is 0 Å². The van der Waals surface area contributed by atoms with Crippen molar-refractivity contribution in [3.05, 3.63) is 23.8 Å². The highest BCUT2D eigenvalue weighted by Gasteiger charge is 2.25. The third-order valence-electron chi connectivity index (χ3n) is 3.93. The Labute approximate surface area is 121 Å². The summed E-state index contributed by atoms with van der Waals surface area (Å²) >= 11 is 0. The predicted molar refractivity (Wildman–Crippen MR) is 84.1 cm³/mol. The van der Waals surface area contributed by atoms with E-state index in [9.17, 15) is 4.79 Å². The fraction of sp³-hybridized carbons (Fsp3) is 0.562. The van der Waals surface area contributed by atoms with Crippen LogP contribution in [0, 0.1) is 5.92 Å². The molecule has 3 N–H and O–H groups in total. The lowest BCUT2D eigenvalue weighted by atomic mass is 10.0. The van der Waals surface area contributed by atoms with Crippen LogP contribution >= 0.6 is 0 Å². The zero-order chi connectivity index (χ0) is 14.5. The summed E-state index contributed by atoms with van der Waals surface area (Å²) in [6.45, 7) is 6.84. The van der Waals surface area contributed by atoms with Crippen molar-refractivity contribution in [1.29, 1.82) is 0 Å². The number of nitrogen functional groups attached to an aromatic ring is 1. The highest BCUT2D eigenvalue weighted by molar-refractivity contribution is 6.00. The first-order valence-corrected chi connectivity index (χ1v) is 7.58. The molecule has 4 heteroatoms. The van der Waals surface area contributed by atoms with Gasteiger partial charge >= 0.3 is 0 Å². The van der Waals surface area contributed by atoms with Crippen molar-refractivity contribution < 1.29 is 4.79 Å². The minimum atomic E-state index is -0.0126. The van der Waals surface area contributed by atoms with Crippen molar-refractivity contribution in [2.24, 2.45) is 5.92 Å². The molecule has 0 bridgehead atoms. The second-order valence-corrected chi connectivity index (χ2v) is 5.53. The van der Waals surface area contributed by atoms with Crippen molar-refractivity contribution in [2.75, 3.05) is 30.3 Å². The van der Waals surface area contributed by atoms with Gasteiger partial charge in [-0.25, -0.2) is 0 Å². The SMILES string of the molecule is CCCC1CCN(c2cc(N)ccc2C(=O)NCC)C1. The van der Waals surface area contributed by atoms with Gasteiger partial charge in [-0.1, -0.05) is 13.3 Å². The molecule has 1 atom stereocenters. The van der Waals surface area contributed by atoms with E-state index < -0.39 is 0 Å². The van der Waals surface area contributed by atoms with E-state index >= 15 is 0 Å². The number of nitrogens with one attached hydrogen (secondary N) is 1. The summed E-state index contributed by atoms with van der Waals surface area (Å²) in [7, 11) is 0. The van der Waals surface area contributed by atoms with Gasteiger partial charge in [-0.3, -0.25) is 4.79 Å². The summed E-state index contributed by atoms with van der Waals surface area (Å²) in [5, 5.41) is 2.88. The number of hydrogen-bond acceptors (Lipinski definition) is 3. The van der Waals surface area contributed by atoms with Crippen molar-refractivity contribution in [1.82, 2.24) is 5.32 Å². The minimum absolute atomic E-state index is 0.0126. The summed E-state index contributed by atoms with van der Waals surface area (Å²) in [4.78, 5) is 14.5. The van der Waals surface area contributed by atoms with Crippen LogP contribution in [0.4, 0.5) is 11.4 Å². The number of anilines is 2. The topological polar surface area (TPSA) is 58.4 Å². The average Bonchev–Trinajstić information content (AvgIpc) is 2.88. The van der Waals surface area contributed by atoms with Crippen LogP contribution < -0.4 is 16.0 Å². The number of rotatable bonds is 5. The molecule has 0 spiro atoms. The van der Waals surface area contributed by atoms with Gasteiger partial charge < -0.3 is 16.0 Å². The molecule has 1 saturated heterocycles. The maximum Gasteiger partial charge on any atom is 0.253 e. The van der Waals surface area contributed by atoms with Crippen LogP contribution in [-0.4, -0.2) is 25.5 Å². The Morgan fingerprint density at radius 3 is 2.95 bits per heavy atom. The Kier molecular flexibility index (Phi) is 4.88. The van der Waals surface area contributed by atoms with Crippen LogP contribution in [0.15, 0.2) is 18.2 Å². The normalized spacial score (nSPS) is 18.3. The van der Waals surface area contributed by atoms with Crippen molar-refractivity contribution in [2.45, 2.75) is 33.1 Å². The lowest BCUT2D eigenvalue weighted by Crippen LogP contribution is -2.27. The summed E-state index contributed by atoms with van der Waals surface area (Å²) in [6.07, 6.45) is 3.69. The summed E-state index contributed by atoms with van der Waals surface area (Å²) in [6, 6.07) is 5.56. The van der Waals surface area contributed by atoms with Crippen molar-refractivity contribution in [3.8, 4) is 0 Å². The van der Waals surface area contributed by atoms with Gasteiger partial charge in [-0.15, -0.1) is 0 Å². The number of amides is 1. The molecule has 0 radical (unpaired) electrons. The van der Waals surface area contributed by atoms with Gasteiger partial charge in [0, 0.05) is 25.3 Å². The first-order chi connectivity index (χ1) is 9.65. The maximum atomic E-state index is 12.2. The third-order valence-corrected chi connectivity index (χ3v) is 3.93. The van der Waals surface area contributed by atoms with Crippen LogP contribution in [0.1, 0.15) is 43.5 Å². The smallest absolute Gasteiger partial charge is 0.253 e. The van der Waals surface area contributed by atoms with Crippen molar-refractivity contribution >= 4 is 17.3 Å². The highest BCUT2D eigenvalue weighted by Crippen LogP contribution is 2.30. The minimum Gasteiger partial charge on any atom is -0.399 e. The quantitative estimate of drug-likeness (QED) is 0.812. The number of nitrogens with two attached hydrogens (primary N) is 1. The average molecular weight is 275 g/mol. The molecule has 0 saturated carbocycles. The number of hydrogen-bond donors (Lipinski definition) is 2. The number of benzene rings is 1. The maximum absolute atomic E-state index is 12.2. The summed E-state index contributed by atoms with van der Waals surface area (Å²) in [5.41, 5.74) is 8.33. The van der Waals surface area contributed by atoms with Crippen LogP contribution in [0.5, 0.6) is 0 Å². The lowest BCUT2D eigenvalue weighted by Gasteiger charge is -2.22. The number of carbonyl (C=O) groups is 1. The summed E-state index contributed by atoms with van der Waals surface area (Å²) in [5.74, 6) is 0.727. The van der Waals surface area contributed by atoms with Gasteiger partial charge in [-0.05, 0) is 43.9 Å². The molecule has 1 amide bonds. The second kappa shape index (κ2) is 6.64. The second-order valence-electron chi connectivity index (χ2n) is 5.53. The first-order valence-electron chi connectivity index (χ1n) is 7.58. The molecule has 1 heterocycles. The number of nitrogens with zero attached hydrogens (tertiary/aromatic N) is 1. The molecule has 1 aliphatic heterocycles. The standard InChI is InChI=1S/C16H25N3O/c1-3-5-12-8-9-19(11-12)15-10-13(17)6-7-14(15)16(20)18-4-2/h6-7,10,12H,3-5,8-9,11,17H2,1-2H3,(H,18,20). The van der Waals surface area contributed by atoms with E-state index in [1.807, 2.05) is 19.1 Å². The van der Waals surface area contributed by atoms with Crippen LogP contribution in [0.2, 0.25) is 0 Å². The first kappa shape index (κ1) is 14.7.